The largest absolute Gasteiger partial charge is 0.325 e. The van der Waals surface area contributed by atoms with Gasteiger partial charge in [-0.3, -0.25) is 9.69 Å². The summed E-state index contributed by atoms with van der Waals surface area (Å²) in [4.78, 5) is 14.5. The summed E-state index contributed by atoms with van der Waals surface area (Å²) < 4.78 is 40.7. The maximum absolute atomic E-state index is 13.1. The third kappa shape index (κ3) is 6.25. The third-order valence-electron chi connectivity index (χ3n) is 5.68. The zero-order valence-corrected chi connectivity index (χ0v) is 18.9. The van der Waals surface area contributed by atoms with Gasteiger partial charge in [0, 0.05) is 24.8 Å². The van der Waals surface area contributed by atoms with Crippen molar-refractivity contribution in [3.05, 3.63) is 84.7 Å². The summed E-state index contributed by atoms with van der Waals surface area (Å²) >= 11 is 0. The topological polar surface area (TPSA) is 78.5 Å². The molecule has 2 N–H and O–H groups in total. The number of halogens is 1. The van der Waals surface area contributed by atoms with Gasteiger partial charge in [-0.2, -0.15) is 0 Å². The Morgan fingerprint density at radius 2 is 1.48 bits per heavy atom. The summed E-state index contributed by atoms with van der Waals surface area (Å²) in [5.41, 5.74) is 2.94. The highest BCUT2D eigenvalue weighted by Crippen LogP contribution is 2.21. The van der Waals surface area contributed by atoms with Crippen LogP contribution in [-0.4, -0.2) is 44.9 Å². The van der Waals surface area contributed by atoms with E-state index in [2.05, 4.69) is 10.0 Å². The quantitative estimate of drug-likeness (QED) is 0.553. The molecule has 0 bridgehead atoms. The molecule has 0 atom stereocenters. The van der Waals surface area contributed by atoms with Gasteiger partial charge < -0.3 is 5.32 Å². The lowest BCUT2D eigenvalue weighted by Crippen LogP contribution is -2.46. The molecule has 3 aromatic rings. The Bertz CT molecular complexity index is 1180. The molecule has 1 aliphatic rings. The van der Waals surface area contributed by atoms with Gasteiger partial charge >= 0.3 is 0 Å². The van der Waals surface area contributed by atoms with Gasteiger partial charge in [0.2, 0.25) is 15.9 Å². The Kier molecular flexibility index (Phi) is 7.17. The average Bonchev–Trinajstić information content (AvgIpc) is 2.81. The minimum atomic E-state index is -3.70. The van der Waals surface area contributed by atoms with Crippen LogP contribution in [0.3, 0.4) is 0 Å². The number of nitrogens with one attached hydrogen (secondary N) is 2. The number of amides is 1. The van der Waals surface area contributed by atoms with Gasteiger partial charge in [0.15, 0.2) is 0 Å². The van der Waals surface area contributed by atoms with Crippen LogP contribution in [0.2, 0.25) is 0 Å². The second-order valence-electron chi connectivity index (χ2n) is 8.12. The SMILES string of the molecule is O=C(CN1CCC(NS(=O)(=O)c2ccc(F)cc2)CC1)Nc1ccc(-c2ccccc2)cc1. The summed E-state index contributed by atoms with van der Waals surface area (Å²) in [7, 11) is -3.70. The van der Waals surface area contributed by atoms with E-state index in [0.717, 1.165) is 28.9 Å². The first-order valence-corrected chi connectivity index (χ1v) is 12.3. The van der Waals surface area contributed by atoms with Gasteiger partial charge in [-0.15, -0.1) is 0 Å². The monoisotopic (exact) mass is 467 g/mol. The fourth-order valence-corrected chi connectivity index (χ4v) is 5.20. The lowest BCUT2D eigenvalue weighted by molar-refractivity contribution is -0.117. The van der Waals surface area contributed by atoms with E-state index in [-0.39, 0.29) is 23.4 Å². The second kappa shape index (κ2) is 10.2. The molecule has 0 aliphatic carbocycles. The molecule has 8 heteroatoms. The van der Waals surface area contributed by atoms with Gasteiger partial charge in [0.25, 0.3) is 0 Å². The van der Waals surface area contributed by atoms with E-state index in [1.165, 1.54) is 12.1 Å². The van der Waals surface area contributed by atoms with Gasteiger partial charge in [0.1, 0.15) is 5.82 Å². The van der Waals surface area contributed by atoms with Crippen molar-refractivity contribution in [2.24, 2.45) is 0 Å². The number of piperidine rings is 1. The third-order valence-corrected chi connectivity index (χ3v) is 7.21. The van der Waals surface area contributed by atoms with E-state index in [1.54, 1.807) is 0 Å². The summed E-state index contributed by atoms with van der Waals surface area (Å²) in [5, 5.41) is 2.92. The Labute approximate surface area is 193 Å². The van der Waals surface area contributed by atoms with Crippen LogP contribution in [0.15, 0.2) is 83.8 Å². The van der Waals surface area contributed by atoms with Crippen molar-refractivity contribution < 1.29 is 17.6 Å². The highest BCUT2D eigenvalue weighted by atomic mass is 32.2. The molecule has 3 aromatic carbocycles. The predicted octanol–water partition coefficient (Wildman–Crippen LogP) is 3.87. The Hall–Kier alpha value is -3.07. The molecule has 1 fully saturated rings. The van der Waals surface area contributed by atoms with Crippen LogP contribution in [0.4, 0.5) is 10.1 Å². The molecular formula is C25H26FN3O3S. The van der Waals surface area contributed by atoms with Crippen molar-refractivity contribution in [2.75, 3.05) is 25.0 Å². The summed E-state index contributed by atoms with van der Waals surface area (Å²) in [6.07, 6.45) is 1.19. The number of hydrogen-bond acceptors (Lipinski definition) is 4. The van der Waals surface area contributed by atoms with Gasteiger partial charge in [-0.05, 0) is 60.4 Å². The zero-order chi connectivity index (χ0) is 23.3. The van der Waals surface area contributed by atoms with Crippen LogP contribution < -0.4 is 10.0 Å². The number of benzene rings is 3. The van der Waals surface area contributed by atoms with Gasteiger partial charge in [-0.25, -0.2) is 17.5 Å². The van der Waals surface area contributed by atoms with Crippen LogP contribution in [0.1, 0.15) is 12.8 Å². The first-order chi connectivity index (χ1) is 15.9. The maximum atomic E-state index is 13.1. The van der Waals surface area contributed by atoms with Gasteiger partial charge in [-0.1, -0.05) is 42.5 Å². The molecule has 0 radical (unpaired) electrons. The van der Waals surface area contributed by atoms with E-state index in [9.17, 15) is 17.6 Å². The second-order valence-corrected chi connectivity index (χ2v) is 9.83. The highest BCUT2D eigenvalue weighted by Gasteiger charge is 2.25. The molecule has 172 valence electrons. The molecule has 1 saturated heterocycles. The molecule has 0 unspecified atom stereocenters. The molecule has 0 spiro atoms. The number of sulfonamides is 1. The van der Waals surface area contributed by atoms with Crippen LogP contribution >= 0.6 is 0 Å². The summed E-state index contributed by atoms with van der Waals surface area (Å²) in [6, 6.07) is 22.3. The van der Waals surface area contributed by atoms with Crippen molar-refractivity contribution >= 4 is 21.6 Å². The molecular weight excluding hydrogens is 441 g/mol. The molecule has 1 heterocycles. The van der Waals surface area contributed by atoms with Crippen LogP contribution in [0.25, 0.3) is 11.1 Å². The van der Waals surface area contributed by atoms with Crippen LogP contribution in [0, 0.1) is 5.82 Å². The van der Waals surface area contributed by atoms with Crippen molar-refractivity contribution in [2.45, 2.75) is 23.8 Å². The molecule has 33 heavy (non-hydrogen) atoms. The highest BCUT2D eigenvalue weighted by molar-refractivity contribution is 7.89. The number of carbonyl (C=O) groups excluding carboxylic acids is 1. The number of nitrogens with zero attached hydrogens (tertiary/aromatic N) is 1. The maximum Gasteiger partial charge on any atom is 0.240 e. The molecule has 1 amide bonds. The number of likely N-dealkylation sites (tertiary alicyclic amines) is 1. The minimum absolute atomic E-state index is 0.0454. The molecule has 0 aromatic heterocycles. The van der Waals surface area contributed by atoms with Gasteiger partial charge in [0.05, 0.1) is 11.4 Å². The van der Waals surface area contributed by atoms with E-state index < -0.39 is 15.8 Å². The number of carbonyl (C=O) groups is 1. The van der Waals surface area contributed by atoms with Crippen molar-refractivity contribution in [1.82, 2.24) is 9.62 Å². The zero-order valence-electron chi connectivity index (χ0n) is 18.1. The number of rotatable bonds is 7. The normalized spacial score (nSPS) is 15.3. The van der Waals surface area contributed by atoms with Crippen molar-refractivity contribution in [3.63, 3.8) is 0 Å². The summed E-state index contributed by atoms with van der Waals surface area (Å²) in [5.74, 6) is -0.583. The lowest BCUT2D eigenvalue weighted by atomic mass is 10.1. The lowest BCUT2D eigenvalue weighted by Gasteiger charge is -2.31. The Morgan fingerprint density at radius 1 is 0.879 bits per heavy atom. The van der Waals surface area contributed by atoms with Crippen LogP contribution in [-0.2, 0) is 14.8 Å². The molecule has 6 nitrogen and oxygen atoms in total. The fraction of sp³-hybridized carbons (Fsp3) is 0.240. The standard InChI is InChI=1S/C25H26FN3O3S/c26-21-8-12-24(13-9-21)33(31,32)28-23-14-16-29(17-15-23)18-25(30)27-22-10-6-20(7-11-22)19-4-2-1-3-5-19/h1-13,23,28H,14-18H2,(H,27,30). The van der Waals surface area contributed by atoms with E-state index >= 15 is 0 Å². The first kappa shape index (κ1) is 23.1. The van der Waals surface area contributed by atoms with Crippen molar-refractivity contribution in [1.29, 1.82) is 0 Å². The molecule has 0 saturated carbocycles. The summed E-state index contributed by atoms with van der Waals surface area (Å²) in [6.45, 7) is 1.46. The van der Waals surface area contributed by atoms with Crippen molar-refractivity contribution in [3.8, 4) is 11.1 Å². The fourth-order valence-electron chi connectivity index (χ4n) is 3.89. The first-order valence-electron chi connectivity index (χ1n) is 10.8. The Morgan fingerprint density at radius 3 is 2.12 bits per heavy atom. The predicted molar refractivity (Wildman–Crippen MR) is 127 cm³/mol. The van der Waals surface area contributed by atoms with E-state index in [4.69, 9.17) is 0 Å². The van der Waals surface area contributed by atoms with E-state index in [1.807, 2.05) is 59.5 Å². The smallest absolute Gasteiger partial charge is 0.240 e. The molecule has 1 aliphatic heterocycles. The molecule has 4 rings (SSSR count). The average molecular weight is 468 g/mol. The van der Waals surface area contributed by atoms with E-state index in [0.29, 0.717) is 25.9 Å². The van der Waals surface area contributed by atoms with Crippen LogP contribution in [0.5, 0.6) is 0 Å². The number of hydrogen-bond donors (Lipinski definition) is 2. The number of anilines is 1. The Balaban J connectivity index is 1.24. The minimum Gasteiger partial charge on any atom is -0.325 e.